The molecule has 1 N–H and O–H groups in total. The van der Waals surface area contributed by atoms with E-state index in [1.165, 1.54) is 25.7 Å². The van der Waals surface area contributed by atoms with Crippen LogP contribution in [0.4, 0.5) is 0 Å². The summed E-state index contributed by atoms with van der Waals surface area (Å²) in [4.78, 5) is 16.8. The zero-order chi connectivity index (χ0) is 16.1. The number of carbonyl (C=O) groups excluding carboxylic acids is 1. The number of pyridine rings is 1. The van der Waals surface area contributed by atoms with Gasteiger partial charge in [0.1, 0.15) is 11.6 Å². The van der Waals surface area contributed by atoms with Crippen LogP contribution in [-0.2, 0) is 11.3 Å². The average molecular weight is 331 g/mol. The van der Waals surface area contributed by atoms with Crippen LogP contribution in [0.3, 0.4) is 0 Å². The van der Waals surface area contributed by atoms with Crippen LogP contribution in [0.5, 0.6) is 0 Å². The Morgan fingerprint density at radius 1 is 1.30 bits per heavy atom. The van der Waals surface area contributed by atoms with Crippen molar-refractivity contribution in [2.75, 3.05) is 5.75 Å². The van der Waals surface area contributed by atoms with Crippen molar-refractivity contribution < 1.29 is 4.79 Å². The fraction of sp³-hybridized carbons (Fsp3) is 0.556. The lowest BCUT2D eigenvalue weighted by Crippen LogP contribution is -2.36. The predicted octanol–water partition coefficient (Wildman–Crippen LogP) is 3.99. The van der Waals surface area contributed by atoms with Gasteiger partial charge in [-0.15, -0.1) is 11.8 Å². The molecule has 23 heavy (non-hydrogen) atoms. The summed E-state index contributed by atoms with van der Waals surface area (Å²) in [5, 5.41) is 5.41. The van der Waals surface area contributed by atoms with Crippen LogP contribution in [0.2, 0.25) is 0 Å². The molecular formula is C18H25N3OS. The highest BCUT2D eigenvalue weighted by atomic mass is 32.2. The normalized spacial score (nSPS) is 16.4. The third kappa shape index (κ3) is 4.08. The van der Waals surface area contributed by atoms with Gasteiger partial charge in [0.25, 0.3) is 0 Å². The molecule has 1 fully saturated rings. The highest BCUT2D eigenvalue weighted by Crippen LogP contribution is 2.26. The molecular weight excluding hydrogens is 306 g/mol. The second-order valence-electron chi connectivity index (χ2n) is 6.18. The van der Waals surface area contributed by atoms with E-state index in [2.05, 4.69) is 23.3 Å². The van der Waals surface area contributed by atoms with E-state index >= 15 is 0 Å². The molecule has 2 heterocycles. The molecule has 1 aliphatic carbocycles. The molecule has 3 rings (SSSR count). The highest BCUT2D eigenvalue weighted by molar-refractivity contribution is 7.99. The number of hydrogen-bond donors (Lipinski definition) is 1. The smallest absolute Gasteiger partial charge is 0.240 e. The van der Waals surface area contributed by atoms with E-state index in [0.29, 0.717) is 12.6 Å². The molecule has 0 aromatic carbocycles. The number of amides is 1. The van der Waals surface area contributed by atoms with Gasteiger partial charge in [0, 0.05) is 23.8 Å². The molecule has 1 aliphatic rings. The molecule has 0 spiro atoms. The minimum Gasteiger partial charge on any atom is -0.352 e. The Kier molecular flexibility index (Phi) is 5.60. The molecule has 1 saturated carbocycles. The van der Waals surface area contributed by atoms with Crippen molar-refractivity contribution in [1.82, 2.24) is 14.9 Å². The fourth-order valence-electron chi connectivity index (χ4n) is 3.34. The van der Waals surface area contributed by atoms with Gasteiger partial charge >= 0.3 is 0 Å². The Balaban J connectivity index is 1.68. The number of rotatable bonds is 5. The Hall–Kier alpha value is -1.49. The van der Waals surface area contributed by atoms with Crippen LogP contribution in [0, 0.1) is 0 Å². The second-order valence-corrected chi connectivity index (χ2v) is 7.43. The minimum absolute atomic E-state index is 0.121. The summed E-state index contributed by atoms with van der Waals surface area (Å²) in [6.45, 7) is 2.52. The van der Waals surface area contributed by atoms with Crippen molar-refractivity contribution in [2.45, 2.75) is 63.1 Å². The molecule has 2 aromatic rings. The van der Waals surface area contributed by atoms with E-state index in [4.69, 9.17) is 0 Å². The maximum Gasteiger partial charge on any atom is 0.240 e. The first-order chi connectivity index (χ1) is 11.3. The number of nitrogens with zero attached hydrogens (tertiary/aromatic N) is 2. The Morgan fingerprint density at radius 2 is 2.09 bits per heavy atom. The average Bonchev–Trinajstić information content (AvgIpc) is 2.78. The summed E-state index contributed by atoms with van der Waals surface area (Å²) < 4.78 is 2.03. The monoisotopic (exact) mass is 331 g/mol. The Labute approximate surface area is 142 Å². The predicted molar refractivity (Wildman–Crippen MR) is 95.8 cm³/mol. The number of hydrogen-bond acceptors (Lipinski definition) is 3. The Morgan fingerprint density at radius 3 is 2.83 bits per heavy atom. The van der Waals surface area contributed by atoms with Crippen LogP contribution < -0.4 is 5.32 Å². The standard InChI is InChI=1S/C18H25N3OS/c1-2-23-18-15-10-12-21(16(15)9-11-19-18)13-17(22)20-14-7-5-3-4-6-8-14/h9-12,14H,2-8,13H2,1H3,(H,20,22). The van der Waals surface area contributed by atoms with E-state index in [0.717, 1.165) is 34.5 Å². The summed E-state index contributed by atoms with van der Waals surface area (Å²) in [6, 6.07) is 4.42. The lowest BCUT2D eigenvalue weighted by Gasteiger charge is -2.16. The van der Waals surface area contributed by atoms with Gasteiger partial charge in [0.2, 0.25) is 5.91 Å². The van der Waals surface area contributed by atoms with Crippen molar-refractivity contribution >= 4 is 28.6 Å². The zero-order valence-electron chi connectivity index (χ0n) is 13.8. The van der Waals surface area contributed by atoms with Crippen molar-refractivity contribution in [3.63, 3.8) is 0 Å². The highest BCUT2D eigenvalue weighted by Gasteiger charge is 2.15. The lowest BCUT2D eigenvalue weighted by atomic mass is 10.1. The topological polar surface area (TPSA) is 46.9 Å². The fourth-order valence-corrected chi connectivity index (χ4v) is 4.07. The van der Waals surface area contributed by atoms with Crippen LogP contribution in [0.25, 0.3) is 10.9 Å². The zero-order valence-corrected chi connectivity index (χ0v) is 14.6. The molecule has 0 atom stereocenters. The van der Waals surface area contributed by atoms with Crippen LogP contribution in [0.1, 0.15) is 45.4 Å². The number of thioether (sulfide) groups is 1. The molecule has 4 nitrogen and oxygen atoms in total. The van der Waals surface area contributed by atoms with Crippen LogP contribution >= 0.6 is 11.8 Å². The first-order valence-corrected chi connectivity index (χ1v) is 9.62. The van der Waals surface area contributed by atoms with Crippen molar-refractivity contribution in [3.8, 4) is 0 Å². The molecule has 5 heteroatoms. The number of aromatic nitrogens is 2. The van der Waals surface area contributed by atoms with Gasteiger partial charge in [-0.1, -0.05) is 32.6 Å². The lowest BCUT2D eigenvalue weighted by molar-refractivity contribution is -0.122. The summed E-state index contributed by atoms with van der Waals surface area (Å²) in [7, 11) is 0. The van der Waals surface area contributed by atoms with E-state index in [9.17, 15) is 4.79 Å². The van der Waals surface area contributed by atoms with Gasteiger partial charge in [-0.2, -0.15) is 0 Å². The van der Waals surface area contributed by atoms with E-state index in [-0.39, 0.29) is 5.91 Å². The van der Waals surface area contributed by atoms with E-state index in [1.807, 2.05) is 23.0 Å². The molecule has 1 amide bonds. The third-order valence-corrected chi connectivity index (χ3v) is 5.36. The number of fused-ring (bicyclic) bond motifs is 1. The molecule has 2 aromatic heterocycles. The molecule has 124 valence electrons. The molecule has 0 unspecified atom stereocenters. The van der Waals surface area contributed by atoms with Crippen molar-refractivity contribution in [1.29, 1.82) is 0 Å². The van der Waals surface area contributed by atoms with E-state index < -0.39 is 0 Å². The summed E-state index contributed by atoms with van der Waals surface area (Å²) >= 11 is 1.74. The van der Waals surface area contributed by atoms with E-state index in [1.54, 1.807) is 11.8 Å². The van der Waals surface area contributed by atoms with Gasteiger partial charge in [0.05, 0.1) is 5.52 Å². The van der Waals surface area contributed by atoms with Crippen LogP contribution in [0.15, 0.2) is 29.6 Å². The van der Waals surface area contributed by atoms with Gasteiger partial charge in [0.15, 0.2) is 0 Å². The first-order valence-electron chi connectivity index (χ1n) is 8.64. The summed E-state index contributed by atoms with van der Waals surface area (Å²) in [5.41, 5.74) is 1.09. The largest absolute Gasteiger partial charge is 0.352 e. The molecule has 0 radical (unpaired) electrons. The van der Waals surface area contributed by atoms with Crippen LogP contribution in [-0.4, -0.2) is 27.3 Å². The molecule has 0 bridgehead atoms. The summed E-state index contributed by atoms with van der Waals surface area (Å²) in [6.07, 6.45) is 11.2. The second kappa shape index (κ2) is 7.86. The summed E-state index contributed by atoms with van der Waals surface area (Å²) in [5.74, 6) is 1.12. The van der Waals surface area contributed by atoms with Crippen molar-refractivity contribution in [2.24, 2.45) is 0 Å². The minimum atomic E-state index is 0.121. The number of carbonyl (C=O) groups is 1. The molecule has 0 aliphatic heterocycles. The van der Waals surface area contributed by atoms with Gasteiger partial charge in [-0.3, -0.25) is 4.79 Å². The van der Waals surface area contributed by atoms with Gasteiger partial charge < -0.3 is 9.88 Å². The maximum atomic E-state index is 12.4. The van der Waals surface area contributed by atoms with Gasteiger partial charge in [-0.25, -0.2) is 4.98 Å². The third-order valence-electron chi connectivity index (χ3n) is 4.48. The number of nitrogens with one attached hydrogen (secondary N) is 1. The first kappa shape index (κ1) is 16.4. The molecule has 0 saturated heterocycles. The Bertz CT molecular complexity index is 659. The van der Waals surface area contributed by atoms with Crippen molar-refractivity contribution in [3.05, 3.63) is 24.5 Å². The maximum absolute atomic E-state index is 12.4. The quantitative estimate of drug-likeness (QED) is 0.666. The SMILES string of the molecule is CCSc1nccc2c1ccn2CC(=O)NC1CCCCCC1. The van der Waals surface area contributed by atoms with Gasteiger partial charge in [-0.05, 0) is 30.7 Å².